The third-order valence-electron chi connectivity index (χ3n) is 3.27. The maximum absolute atomic E-state index is 12.0. The Hall–Kier alpha value is -0.390. The largest absolute Gasteiger partial charge is 0.395 e. The Morgan fingerprint density at radius 2 is 2.35 bits per heavy atom. The molecule has 0 atom stereocenters. The fourth-order valence-corrected chi connectivity index (χ4v) is 3.30. The monoisotopic (exact) mass is 317 g/mol. The fraction of sp³-hybridized carbons (Fsp3) is 0.583. The highest BCUT2D eigenvalue weighted by Crippen LogP contribution is 2.46. The third kappa shape index (κ3) is 2.89. The molecule has 1 amide bonds. The van der Waals surface area contributed by atoms with Crippen molar-refractivity contribution in [3.8, 4) is 0 Å². The number of carbonyl (C=O) groups is 1. The van der Waals surface area contributed by atoms with Crippen molar-refractivity contribution < 1.29 is 9.90 Å². The third-order valence-corrected chi connectivity index (χ3v) is 5.03. The molecule has 0 saturated heterocycles. The van der Waals surface area contributed by atoms with E-state index in [0.29, 0.717) is 6.54 Å². The fourth-order valence-electron chi connectivity index (χ4n) is 1.86. The van der Waals surface area contributed by atoms with Gasteiger partial charge in [-0.25, -0.2) is 0 Å². The van der Waals surface area contributed by atoms with E-state index in [9.17, 15) is 9.90 Å². The number of likely N-dealkylation sites (N-methyl/N-ethyl adjacent to an activating group) is 1. The standard InChI is InChI=1S/C12H16BrNO2S/c1-14(11(16)12(8-15)3-4-12)5-2-10-6-9(13)7-17-10/h6-7,15H,2-5,8H2,1H3. The Morgan fingerprint density at radius 1 is 1.65 bits per heavy atom. The zero-order valence-electron chi connectivity index (χ0n) is 9.78. The number of thiophene rings is 1. The minimum absolute atomic E-state index is 0.0132. The summed E-state index contributed by atoms with van der Waals surface area (Å²) < 4.78 is 1.10. The molecule has 94 valence electrons. The minimum Gasteiger partial charge on any atom is -0.395 e. The van der Waals surface area contributed by atoms with E-state index in [2.05, 4.69) is 22.0 Å². The zero-order chi connectivity index (χ0) is 12.5. The molecule has 1 aliphatic rings. The molecule has 1 aromatic heterocycles. The number of halogens is 1. The average Bonchev–Trinajstić information content (AvgIpc) is 3.03. The first-order valence-corrected chi connectivity index (χ1v) is 7.34. The van der Waals surface area contributed by atoms with Crippen LogP contribution in [0.2, 0.25) is 0 Å². The Balaban J connectivity index is 1.85. The maximum Gasteiger partial charge on any atom is 0.230 e. The van der Waals surface area contributed by atoms with Crippen molar-refractivity contribution in [2.45, 2.75) is 19.3 Å². The molecule has 1 N–H and O–H groups in total. The zero-order valence-corrected chi connectivity index (χ0v) is 12.2. The lowest BCUT2D eigenvalue weighted by Gasteiger charge is -2.21. The Labute approximate surface area is 114 Å². The molecule has 1 aliphatic carbocycles. The van der Waals surface area contributed by atoms with Crippen LogP contribution >= 0.6 is 27.3 Å². The normalized spacial score (nSPS) is 16.9. The van der Waals surface area contributed by atoms with Crippen LogP contribution in [-0.4, -0.2) is 36.1 Å². The number of aliphatic hydroxyl groups excluding tert-OH is 1. The number of carbonyl (C=O) groups excluding carboxylic acids is 1. The lowest BCUT2D eigenvalue weighted by molar-refractivity contribution is -0.137. The summed E-state index contributed by atoms with van der Waals surface area (Å²) in [6.45, 7) is 0.703. The highest BCUT2D eigenvalue weighted by atomic mass is 79.9. The molecule has 0 aromatic carbocycles. The first-order chi connectivity index (χ1) is 8.07. The summed E-state index contributed by atoms with van der Waals surface area (Å²) in [6, 6.07) is 2.09. The predicted molar refractivity (Wildman–Crippen MR) is 72.1 cm³/mol. The van der Waals surface area contributed by atoms with E-state index < -0.39 is 5.41 Å². The summed E-state index contributed by atoms with van der Waals surface area (Å²) >= 11 is 5.12. The van der Waals surface area contributed by atoms with Gasteiger partial charge in [-0.1, -0.05) is 0 Å². The average molecular weight is 318 g/mol. The summed E-state index contributed by atoms with van der Waals surface area (Å²) in [6.07, 6.45) is 2.54. The van der Waals surface area contributed by atoms with Gasteiger partial charge in [0.25, 0.3) is 0 Å². The van der Waals surface area contributed by atoms with Gasteiger partial charge in [-0.15, -0.1) is 11.3 Å². The molecule has 0 radical (unpaired) electrons. The Kier molecular flexibility index (Phi) is 3.90. The molecular weight excluding hydrogens is 302 g/mol. The number of amides is 1. The van der Waals surface area contributed by atoms with Crippen LogP contribution in [0.15, 0.2) is 15.9 Å². The van der Waals surface area contributed by atoms with Crippen LogP contribution in [0.1, 0.15) is 17.7 Å². The number of hydrogen-bond donors (Lipinski definition) is 1. The summed E-state index contributed by atoms with van der Waals surface area (Å²) in [7, 11) is 1.82. The number of aliphatic hydroxyl groups is 1. The van der Waals surface area contributed by atoms with Gasteiger partial charge in [0.2, 0.25) is 5.91 Å². The second-order valence-corrected chi connectivity index (χ2v) is 6.56. The lowest BCUT2D eigenvalue weighted by Crippen LogP contribution is -2.37. The Bertz CT molecular complexity index is 414. The smallest absolute Gasteiger partial charge is 0.230 e. The van der Waals surface area contributed by atoms with Crippen LogP contribution < -0.4 is 0 Å². The topological polar surface area (TPSA) is 40.5 Å². The highest BCUT2D eigenvalue weighted by Gasteiger charge is 2.50. The predicted octanol–water partition coefficient (Wildman–Crippen LogP) is 2.28. The van der Waals surface area contributed by atoms with Gasteiger partial charge >= 0.3 is 0 Å². The van der Waals surface area contributed by atoms with E-state index in [0.717, 1.165) is 23.7 Å². The van der Waals surface area contributed by atoms with Crippen LogP contribution in [-0.2, 0) is 11.2 Å². The molecule has 1 saturated carbocycles. The van der Waals surface area contributed by atoms with Gasteiger partial charge in [0.15, 0.2) is 0 Å². The molecular formula is C12H16BrNO2S. The van der Waals surface area contributed by atoms with Crippen molar-refractivity contribution in [1.29, 1.82) is 0 Å². The van der Waals surface area contributed by atoms with Crippen molar-refractivity contribution >= 4 is 33.2 Å². The molecule has 2 rings (SSSR count). The van der Waals surface area contributed by atoms with Gasteiger partial charge in [0, 0.05) is 28.3 Å². The molecule has 3 nitrogen and oxygen atoms in total. The first kappa shape index (κ1) is 13.1. The summed E-state index contributed by atoms with van der Waals surface area (Å²) in [5.74, 6) is 0.0932. The van der Waals surface area contributed by atoms with Crippen molar-refractivity contribution in [1.82, 2.24) is 4.90 Å². The minimum atomic E-state index is -0.440. The Morgan fingerprint density at radius 3 is 2.82 bits per heavy atom. The second-order valence-electron chi connectivity index (χ2n) is 4.65. The van der Waals surface area contributed by atoms with Crippen molar-refractivity contribution in [3.63, 3.8) is 0 Å². The molecule has 1 fully saturated rings. The summed E-state index contributed by atoms with van der Waals surface area (Å²) in [5, 5.41) is 11.3. The van der Waals surface area contributed by atoms with Crippen LogP contribution in [0.5, 0.6) is 0 Å². The van der Waals surface area contributed by atoms with Crippen molar-refractivity contribution in [2.24, 2.45) is 5.41 Å². The second kappa shape index (κ2) is 5.08. The molecule has 0 spiro atoms. The van der Waals surface area contributed by atoms with Crippen LogP contribution in [0.25, 0.3) is 0 Å². The van der Waals surface area contributed by atoms with E-state index in [4.69, 9.17) is 0 Å². The van der Waals surface area contributed by atoms with Crippen molar-refractivity contribution in [2.75, 3.05) is 20.2 Å². The van der Waals surface area contributed by atoms with E-state index in [1.807, 2.05) is 12.4 Å². The quantitative estimate of drug-likeness (QED) is 0.905. The molecule has 5 heteroatoms. The van der Waals surface area contributed by atoms with Gasteiger partial charge < -0.3 is 10.0 Å². The van der Waals surface area contributed by atoms with Gasteiger partial charge in [-0.3, -0.25) is 4.79 Å². The molecule has 17 heavy (non-hydrogen) atoms. The van der Waals surface area contributed by atoms with Gasteiger partial charge in [-0.05, 0) is 41.3 Å². The van der Waals surface area contributed by atoms with Crippen molar-refractivity contribution in [3.05, 3.63) is 20.8 Å². The molecule has 1 aromatic rings. The lowest BCUT2D eigenvalue weighted by atomic mass is 10.1. The number of hydrogen-bond acceptors (Lipinski definition) is 3. The van der Waals surface area contributed by atoms with Gasteiger partial charge in [-0.2, -0.15) is 0 Å². The van der Waals surface area contributed by atoms with E-state index in [1.165, 1.54) is 4.88 Å². The van der Waals surface area contributed by atoms with Crippen LogP contribution in [0.4, 0.5) is 0 Å². The molecule has 0 unspecified atom stereocenters. The van der Waals surface area contributed by atoms with Gasteiger partial charge in [0.05, 0.1) is 12.0 Å². The highest BCUT2D eigenvalue weighted by molar-refractivity contribution is 9.10. The maximum atomic E-state index is 12.0. The number of nitrogens with zero attached hydrogens (tertiary/aromatic N) is 1. The van der Waals surface area contributed by atoms with Crippen LogP contribution in [0, 0.1) is 5.41 Å². The number of rotatable bonds is 5. The molecule has 1 heterocycles. The molecule has 0 aliphatic heterocycles. The SMILES string of the molecule is CN(CCc1cc(Br)cs1)C(=O)C1(CO)CC1. The summed E-state index contributed by atoms with van der Waals surface area (Å²) in [4.78, 5) is 15.1. The molecule has 0 bridgehead atoms. The van der Waals surface area contributed by atoms with E-state index in [-0.39, 0.29) is 12.5 Å². The van der Waals surface area contributed by atoms with E-state index in [1.54, 1.807) is 16.2 Å². The van der Waals surface area contributed by atoms with E-state index >= 15 is 0 Å². The van der Waals surface area contributed by atoms with Gasteiger partial charge in [0.1, 0.15) is 0 Å². The summed E-state index contributed by atoms with van der Waals surface area (Å²) in [5.41, 5.74) is -0.440. The first-order valence-electron chi connectivity index (χ1n) is 5.67. The van der Waals surface area contributed by atoms with Crippen LogP contribution in [0.3, 0.4) is 0 Å².